The Morgan fingerprint density at radius 1 is 1.24 bits per heavy atom. The lowest BCUT2D eigenvalue weighted by atomic mass is 10.2. The van der Waals surface area contributed by atoms with Gasteiger partial charge in [0.05, 0.1) is 12.7 Å². The van der Waals surface area contributed by atoms with Crippen molar-refractivity contribution >= 4 is 5.82 Å². The molecule has 1 heterocycles. The number of nitrogens with zero attached hydrogens (tertiary/aromatic N) is 2. The Hall–Kier alpha value is -1.13. The predicted molar refractivity (Wildman–Crippen MR) is 89.9 cm³/mol. The van der Waals surface area contributed by atoms with Gasteiger partial charge in [-0.15, -0.1) is 0 Å². The van der Waals surface area contributed by atoms with Crippen molar-refractivity contribution in [3.8, 4) is 0 Å². The molecule has 0 fully saturated rings. The highest BCUT2D eigenvalue weighted by Gasteiger charge is 2.06. The summed E-state index contributed by atoms with van der Waals surface area (Å²) in [4.78, 5) is 6.77. The highest BCUT2D eigenvalue weighted by Crippen LogP contribution is 2.14. The molecule has 1 rings (SSSR count). The van der Waals surface area contributed by atoms with E-state index < -0.39 is 0 Å². The van der Waals surface area contributed by atoms with Gasteiger partial charge in [-0.2, -0.15) is 0 Å². The number of rotatable bonds is 9. The van der Waals surface area contributed by atoms with Gasteiger partial charge in [-0.05, 0) is 50.9 Å². The Morgan fingerprint density at radius 2 is 1.95 bits per heavy atom. The number of ether oxygens (including phenoxy) is 1. The number of anilines is 1. The summed E-state index contributed by atoms with van der Waals surface area (Å²) in [6.45, 7) is 14.1. The summed E-state index contributed by atoms with van der Waals surface area (Å²) in [6.07, 6.45) is 0.277. The molecular formula is C17H31N3O. The number of hydrogen-bond donors (Lipinski definition) is 1. The zero-order valence-electron chi connectivity index (χ0n) is 14.4. The first-order valence-electron chi connectivity index (χ1n) is 7.89. The van der Waals surface area contributed by atoms with Crippen LogP contribution in [-0.4, -0.2) is 37.8 Å². The quantitative estimate of drug-likeness (QED) is 0.759. The molecule has 0 radical (unpaired) electrons. The van der Waals surface area contributed by atoms with E-state index in [1.807, 2.05) is 6.92 Å². The molecule has 0 atom stereocenters. The average Bonchev–Trinajstić information content (AvgIpc) is 2.37. The summed E-state index contributed by atoms with van der Waals surface area (Å²) in [6, 6.07) is 4.31. The first-order valence-corrected chi connectivity index (χ1v) is 7.89. The Kier molecular flexibility index (Phi) is 7.68. The molecule has 0 amide bonds. The van der Waals surface area contributed by atoms with E-state index in [1.165, 1.54) is 5.56 Å². The molecule has 0 unspecified atom stereocenters. The van der Waals surface area contributed by atoms with Gasteiger partial charge in [0, 0.05) is 25.8 Å². The molecule has 4 heteroatoms. The zero-order valence-corrected chi connectivity index (χ0v) is 14.4. The fraction of sp³-hybridized carbons (Fsp3) is 0.706. The molecule has 0 bridgehead atoms. The third kappa shape index (κ3) is 7.44. The lowest BCUT2D eigenvalue weighted by molar-refractivity contribution is 0.0845. The molecule has 0 saturated carbocycles. The molecule has 21 heavy (non-hydrogen) atoms. The molecule has 0 aliphatic rings. The van der Waals surface area contributed by atoms with Gasteiger partial charge in [-0.3, -0.25) is 0 Å². The SMILES string of the molecule is Cc1cc(CNCC(C)C)cc(N(C)CCOC(C)C)n1. The van der Waals surface area contributed by atoms with Crippen LogP contribution in [0.3, 0.4) is 0 Å². The van der Waals surface area contributed by atoms with Crippen LogP contribution in [0.4, 0.5) is 5.82 Å². The third-order valence-corrected chi connectivity index (χ3v) is 3.15. The molecular weight excluding hydrogens is 262 g/mol. The van der Waals surface area contributed by atoms with E-state index in [4.69, 9.17) is 4.74 Å². The molecule has 4 nitrogen and oxygen atoms in total. The van der Waals surface area contributed by atoms with Crippen LogP contribution in [0.15, 0.2) is 12.1 Å². The minimum atomic E-state index is 0.277. The summed E-state index contributed by atoms with van der Waals surface area (Å²) >= 11 is 0. The second-order valence-electron chi connectivity index (χ2n) is 6.34. The summed E-state index contributed by atoms with van der Waals surface area (Å²) in [5, 5.41) is 3.48. The van der Waals surface area contributed by atoms with Crippen LogP contribution < -0.4 is 10.2 Å². The third-order valence-electron chi connectivity index (χ3n) is 3.15. The van der Waals surface area contributed by atoms with E-state index in [0.29, 0.717) is 5.92 Å². The van der Waals surface area contributed by atoms with E-state index in [9.17, 15) is 0 Å². The van der Waals surface area contributed by atoms with Gasteiger partial charge in [-0.25, -0.2) is 4.98 Å². The van der Waals surface area contributed by atoms with E-state index in [1.54, 1.807) is 0 Å². The Balaban J connectivity index is 2.58. The number of likely N-dealkylation sites (N-methyl/N-ethyl adjacent to an activating group) is 1. The van der Waals surface area contributed by atoms with Crippen LogP contribution in [0.25, 0.3) is 0 Å². The summed E-state index contributed by atoms with van der Waals surface area (Å²) in [5.74, 6) is 1.69. The van der Waals surface area contributed by atoms with Crippen molar-refractivity contribution in [2.75, 3.05) is 31.6 Å². The van der Waals surface area contributed by atoms with Gasteiger partial charge in [-0.1, -0.05) is 13.8 Å². The van der Waals surface area contributed by atoms with Gasteiger partial charge >= 0.3 is 0 Å². The van der Waals surface area contributed by atoms with Crippen molar-refractivity contribution in [2.45, 2.75) is 47.3 Å². The summed E-state index contributed by atoms with van der Waals surface area (Å²) < 4.78 is 5.60. The maximum absolute atomic E-state index is 5.60. The number of aryl methyl sites for hydroxylation is 1. The average molecular weight is 293 g/mol. The minimum Gasteiger partial charge on any atom is -0.377 e. The lowest BCUT2D eigenvalue weighted by Crippen LogP contribution is -2.25. The number of nitrogens with one attached hydrogen (secondary N) is 1. The Morgan fingerprint density at radius 3 is 2.57 bits per heavy atom. The van der Waals surface area contributed by atoms with Crippen LogP contribution in [-0.2, 0) is 11.3 Å². The van der Waals surface area contributed by atoms with Crippen molar-refractivity contribution in [1.82, 2.24) is 10.3 Å². The van der Waals surface area contributed by atoms with E-state index in [2.05, 4.69) is 62.1 Å². The molecule has 1 N–H and O–H groups in total. The summed E-state index contributed by atoms with van der Waals surface area (Å²) in [7, 11) is 2.07. The molecule has 0 aliphatic carbocycles. The Bertz CT molecular complexity index is 418. The number of pyridine rings is 1. The number of aromatic nitrogens is 1. The molecule has 120 valence electrons. The zero-order chi connectivity index (χ0) is 15.8. The fourth-order valence-corrected chi connectivity index (χ4v) is 2.06. The monoisotopic (exact) mass is 293 g/mol. The molecule has 0 saturated heterocycles. The van der Waals surface area contributed by atoms with E-state index in [0.717, 1.165) is 37.8 Å². The highest BCUT2D eigenvalue weighted by atomic mass is 16.5. The first-order chi connectivity index (χ1) is 9.88. The highest BCUT2D eigenvalue weighted by molar-refractivity contribution is 5.41. The second-order valence-corrected chi connectivity index (χ2v) is 6.34. The van der Waals surface area contributed by atoms with Crippen LogP contribution in [0, 0.1) is 12.8 Å². The van der Waals surface area contributed by atoms with Crippen LogP contribution in [0.5, 0.6) is 0 Å². The lowest BCUT2D eigenvalue weighted by Gasteiger charge is -2.20. The van der Waals surface area contributed by atoms with Gasteiger partial charge < -0.3 is 15.0 Å². The maximum atomic E-state index is 5.60. The number of hydrogen-bond acceptors (Lipinski definition) is 4. The van der Waals surface area contributed by atoms with Crippen molar-refractivity contribution in [2.24, 2.45) is 5.92 Å². The molecule has 1 aromatic rings. The van der Waals surface area contributed by atoms with Crippen molar-refractivity contribution < 1.29 is 4.74 Å². The molecule has 1 aromatic heterocycles. The molecule has 0 aromatic carbocycles. The Labute approximate surface area is 129 Å². The van der Waals surface area contributed by atoms with Crippen LogP contribution >= 0.6 is 0 Å². The second kappa shape index (κ2) is 9.00. The van der Waals surface area contributed by atoms with Gasteiger partial charge in [0.25, 0.3) is 0 Å². The van der Waals surface area contributed by atoms with Crippen molar-refractivity contribution in [3.63, 3.8) is 0 Å². The van der Waals surface area contributed by atoms with Gasteiger partial charge in [0.1, 0.15) is 5.82 Å². The van der Waals surface area contributed by atoms with E-state index >= 15 is 0 Å². The topological polar surface area (TPSA) is 37.4 Å². The molecule has 0 spiro atoms. The fourth-order valence-electron chi connectivity index (χ4n) is 2.06. The summed E-state index contributed by atoms with van der Waals surface area (Å²) in [5.41, 5.74) is 2.35. The maximum Gasteiger partial charge on any atom is 0.128 e. The smallest absolute Gasteiger partial charge is 0.128 e. The van der Waals surface area contributed by atoms with Crippen molar-refractivity contribution in [1.29, 1.82) is 0 Å². The van der Waals surface area contributed by atoms with Crippen LogP contribution in [0.2, 0.25) is 0 Å². The van der Waals surface area contributed by atoms with Gasteiger partial charge in [0.15, 0.2) is 0 Å². The minimum absolute atomic E-state index is 0.277. The van der Waals surface area contributed by atoms with Crippen LogP contribution in [0.1, 0.15) is 39.0 Å². The van der Waals surface area contributed by atoms with Crippen molar-refractivity contribution in [3.05, 3.63) is 23.4 Å². The standard InChI is InChI=1S/C17H31N3O/c1-13(2)11-18-12-16-9-15(5)19-17(10-16)20(6)7-8-21-14(3)4/h9-10,13-14,18H,7-8,11-12H2,1-6H3. The predicted octanol–water partition coefficient (Wildman–Crippen LogP) is 3.00. The normalized spacial score (nSPS) is 11.4. The molecule has 0 aliphatic heterocycles. The van der Waals surface area contributed by atoms with Gasteiger partial charge in [0.2, 0.25) is 0 Å². The van der Waals surface area contributed by atoms with E-state index in [-0.39, 0.29) is 6.10 Å². The largest absolute Gasteiger partial charge is 0.377 e. The first kappa shape index (κ1) is 17.9.